The fourth-order valence-corrected chi connectivity index (χ4v) is 10.5. The number of benzene rings is 11. The summed E-state index contributed by atoms with van der Waals surface area (Å²) in [5, 5.41) is 0. The minimum absolute atomic E-state index is 0.789. The van der Waals surface area contributed by atoms with Crippen LogP contribution in [0.1, 0.15) is 0 Å². The Morgan fingerprint density at radius 2 is 0.280 bits per heavy atom. The van der Waals surface area contributed by atoms with Gasteiger partial charge in [0.1, 0.15) is 0 Å². The molecule has 0 fully saturated rings. The highest BCUT2D eigenvalue weighted by molar-refractivity contribution is 5.97. The molecule has 82 heavy (non-hydrogen) atoms. The maximum Gasteiger partial charge on any atom is 0.0973 e. The van der Waals surface area contributed by atoms with Crippen LogP contribution in [0.4, 0.5) is 0 Å². The van der Waals surface area contributed by atoms with Gasteiger partial charge < -0.3 is 0 Å². The Morgan fingerprint density at radius 1 is 0.122 bits per heavy atom. The molecule has 0 spiro atoms. The van der Waals surface area contributed by atoms with Gasteiger partial charge in [-0.3, -0.25) is 0 Å². The maximum atomic E-state index is 5.18. The third-order valence-corrected chi connectivity index (χ3v) is 14.5. The van der Waals surface area contributed by atoms with Crippen molar-refractivity contribution in [1.29, 1.82) is 0 Å². The first kappa shape index (κ1) is 49.1. The minimum Gasteiger partial charge on any atom is -0.244 e. The van der Waals surface area contributed by atoms with Crippen LogP contribution >= 0.6 is 0 Å². The highest BCUT2D eigenvalue weighted by atomic mass is 14.9. The molecule has 4 heterocycles. The first-order valence-corrected chi connectivity index (χ1v) is 27.2. The minimum atomic E-state index is 0.789. The zero-order valence-corrected chi connectivity index (χ0v) is 44.3. The summed E-state index contributed by atoms with van der Waals surface area (Å²) in [5.74, 6) is 0. The van der Waals surface area contributed by atoms with Crippen LogP contribution in [0.25, 0.3) is 145 Å². The molecule has 11 aromatic carbocycles. The number of rotatable bonds is 9. The van der Waals surface area contributed by atoms with Crippen LogP contribution in [0, 0.1) is 0 Å². The highest BCUT2D eigenvalue weighted by Crippen LogP contribution is 2.38. The SMILES string of the molecule is c1ccc(-c2nc3cc4nc(-c5ccccc5)c(-c5ccccc5)nc4cc3nc2-c2ccccc2)cc1.c1ccc(-c2nc3ccc(-c4ccc5nc(-c6ccccc6)c(-c6ccccc6)nc5c4)cc3nc2-c2ccccc2)cc1. The van der Waals surface area contributed by atoms with E-state index in [0.29, 0.717) is 0 Å². The Bertz CT molecular complexity index is 4300. The van der Waals surface area contributed by atoms with Gasteiger partial charge in [-0.05, 0) is 47.5 Å². The van der Waals surface area contributed by atoms with Gasteiger partial charge in [0.15, 0.2) is 0 Å². The van der Waals surface area contributed by atoms with E-state index in [1.807, 2.05) is 158 Å². The summed E-state index contributed by atoms with van der Waals surface area (Å²) in [6.07, 6.45) is 0. The Kier molecular flexibility index (Phi) is 13.1. The Balaban J connectivity index is 0.000000148. The van der Waals surface area contributed by atoms with Gasteiger partial charge in [0.2, 0.25) is 0 Å². The quantitative estimate of drug-likeness (QED) is 0.132. The lowest BCUT2D eigenvalue weighted by Gasteiger charge is -2.13. The van der Waals surface area contributed by atoms with Gasteiger partial charge in [0.05, 0.1) is 89.7 Å². The normalized spacial score (nSPS) is 11.2. The van der Waals surface area contributed by atoms with Crippen LogP contribution < -0.4 is 0 Å². The Morgan fingerprint density at radius 3 is 0.463 bits per heavy atom. The van der Waals surface area contributed by atoms with E-state index in [1.54, 1.807) is 0 Å². The highest BCUT2D eigenvalue weighted by Gasteiger charge is 2.19. The average Bonchev–Trinajstić information content (AvgIpc) is 3.53. The first-order chi connectivity index (χ1) is 40.6. The van der Waals surface area contributed by atoms with Crippen LogP contribution in [0.2, 0.25) is 0 Å². The van der Waals surface area contributed by atoms with Gasteiger partial charge in [-0.15, -0.1) is 0 Å². The fraction of sp³-hybridized carbons (Fsp3) is 0. The van der Waals surface area contributed by atoms with E-state index < -0.39 is 0 Å². The van der Waals surface area contributed by atoms with Gasteiger partial charge >= 0.3 is 0 Å². The van der Waals surface area contributed by atoms with Crippen LogP contribution in [0.3, 0.4) is 0 Å². The zero-order chi connectivity index (χ0) is 54.6. The van der Waals surface area contributed by atoms with Gasteiger partial charge in [0, 0.05) is 44.5 Å². The van der Waals surface area contributed by atoms with Crippen molar-refractivity contribution in [2.24, 2.45) is 0 Å². The molecule has 0 saturated carbocycles. The molecule has 4 aromatic heterocycles. The summed E-state index contributed by atoms with van der Waals surface area (Å²) < 4.78 is 0. The summed E-state index contributed by atoms with van der Waals surface area (Å²) in [6.45, 7) is 0. The van der Waals surface area contributed by atoms with Crippen LogP contribution in [0.15, 0.2) is 291 Å². The molecule has 0 atom stereocenters. The molecule has 0 unspecified atom stereocenters. The second-order valence-electron chi connectivity index (χ2n) is 19.8. The molecule has 15 rings (SSSR count). The van der Waals surface area contributed by atoms with E-state index in [0.717, 1.165) is 145 Å². The van der Waals surface area contributed by atoms with Crippen molar-refractivity contribution in [3.8, 4) is 101 Å². The van der Waals surface area contributed by atoms with Crippen LogP contribution in [-0.2, 0) is 0 Å². The lowest BCUT2D eigenvalue weighted by molar-refractivity contribution is 1.27. The lowest BCUT2D eigenvalue weighted by Crippen LogP contribution is -1.99. The molecular weight excluding hydrogens is 1000 g/mol. The number of fused-ring (bicyclic) bond motifs is 4. The van der Waals surface area contributed by atoms with Crippen LogP contribution in [-0.4, -0.2) is 39.9 Å². The van der Waals surface area contributed by atoms with Crippen molar-refractivity contribution < 1.29 is 0 Å². The van der Waals surface area contributed by atoms with Crippen molar-refractivity contribution in [3.05, 3.63) is 291 Å². The molecule has 0 aliphatic heterocycles. The van der Waals surface area contributed by atoms with Crippen molar-refractivity contribution in [1.82, 2.24) is 39.9 Å². The van der Waals surface area contributed by atoms with E-state index in [4.69, 9.17) is 39.9 Å². The fourth-order valence-electron chi connectivity index (χ4n) is 10.5. The maximum absolute atomic E-state index is 5.18. The third-order valence-electron chi connectivity index (χ3n) is 14.5. The van der Waals surface area contributed by atoms with Gasteiger partial charge in [0.25, 0.3) is 0 Å². The molecule has 384 valence electrons. The molecule has 0 saturated heterocycles. The second kappa shape index (κ2) is 21.9. The first-order valence-electron chi connectivity index (χ1n) is 27.2. The number of nitrogens with zero attached hydrogens (tertiary/aromatic N) is 8. The number of aromatic nitrogens is 8. The molecule has 15 aromatic rings. The smallest absolute Gasteiger partial charge is 0.0973 e. The standard InChI is InChI=1S/C40H26N4.C34H22N4/c1-5-13-27(14-6-1)37-39(29-17-9-3-10-18-29)43-35-25-31(21-23-33(35)41-37)32-22-24-34-36(26-32)44-40(30-19-11-4-12-20-30)38(42-34)28-15-7-2-8-16-28;1-5-13-23(14-6-1)31-32(24-15-7-2-8-16-24)36-28-22-30-29(21-27(28)35-31)37-33(25-17-9-3-10-18-25)34(38-30)26-19-11-4-12-20-26/h1-26H;1-22H. The van der Waals surface area contributed by atoms with Gasteiger partial charge in [-0.25, -0.2) is 39.9 Å². The molecule has 0 aliphatic carbocycles. The molecular formula is C74H48N8. The van der Waals surface area contributed by atoms with Crippen molar-refractivity contribution in [2.45, 2.75) is 0 Å². The molecule has 0 radical (unpaired) electrons. The monoisotopic (exact) mass is 1050 g/mol. The molecule has 0 amide bonds. The van der Waals surface area contributed by atoms with Crippen LogP contribution in [0.5, 0.6) is 0 Å². The topological polar surface area (TPSA) is 103 Å². The Labute approximate surface area is 473 Å². The third kappa shape index (κ3) is 9.89. The summed E-state index contributed by atoms with van der Waals surface area (Å²) in [6, 6.07) is 98.5. The molecule has 8 nitrogen and oxygen atoms in total. The zero-order valence-electron chi connectivity index (χ0n) is 44.3. The van der Waals surface area contributed by atoms with E-state index in [-0.39, 0.29) is 0 Å². The van der Waals surface area contributed by atoms with Crippen molar-refractivity contribution >= 4 is 44.1 Å². The predicted octanol–water partition coefficient (Wildman–Crippen LogP) is 18.1. The second-order valence-corrected chi connectivity index (χ2v) is 19.8. The summed E-state index contributed by atoms with van der Waals surface area (Å²) in [5.41, 5.74) is 23.8. The molecule has 0 N–H and O–H groups in total. The Hall–Kier alpha value is -11.2. The van der Waals surface area contributed by atoms with Crippen molar-refractivity contribution in [2.75, 3.05) is 0 Å². The summed E-state index contributed by atoms with van der Waals surface area (Å²) in [7, 11) is 0. The van der Waals surface area contributed by atoms with E-state index in [2.05, 4.69) is 133 Å². The summed E-state index contributed by atoms with van der Waals surface area (Å²) in [4.78, 5) is 41.1. The van der Waals surface area contributed by atoms with Gasteiger partial charge in [-0.2, -0.15) is 0 Å². The van der Waals surface area contributed by atoms with Crippen molar-refractivity contribution in [3.63, 3.8) is 0 Å². The lowest BCUT2D eigenvalue weighted by atomic mass is 10.0. The van der Waals surface area contributed by atoms with Gasteiger partial charge in [-0.1, -0.05) is 255 Å². The van der Waals surface area contributed by atoms with E-state index in [1.165, 1.54) is 0 Å². The molecule has 8 heteroatoms. The number of hydrogen-bond donors (Lipinski definition) is 0. The van der Waals surface area contributed by atoms with E-state index >= 15 is 0 Å². The molecule has 0 aliphatic rings. The number of hydrogen-bond acceptors (Lipinski definition) is 8. The van der Waals surface area contributed by atoms with E-state index in [9.17, 15) is 0 Å². The summed E-state index contributed by atoms with van der Waals surface area (Å²) >= 11 is 0. The molecule has 0 bridgehead atoms. The average molecular weight is 1050 g/mol. The largest absolute Gasteiger partial charge is 0.244 e. The predicted molar refractivity (Wildman–Crippen MR) is 334 cm³/mol.